The molecule has 158 valence electrons. The van der Waals surface area contributed by atoms with Gasteiger partial charge in [0.1, 0.15) is 5.82 Å². The Hall–Kier alpha value is -3.37. The third kappa shape index (κ3) is 3.43. The number of fused-ring (bicyclic) bond motifs is 1. The van der Waals surface area contributed by atoms with Crippen LogP contribution in [0.3, 0.4) is 0 Å². The van der Waals surface area contributed by atoms with Gasteiger partial charge in [-0.25, -0.2) is 12.8 Å². The van der Waals surface area contributed by atoms with Gasteiger partial charge in [0.2, 0.25) is 15.8 Å². The lowest BCUT2D eigenvalue weighted by molar-refractivity contribution is 0.385. The smallest absolute Gasteiger partial charge is 0.279 e. The van der Waals surface area contributed by atoms with Crippen molar-refractivity contribution in [3.8, 4) is 23.0 Å². The molecule has 0 atom stereocenters. The summed E-state index contributed by atoms with van der Waals surface area (Å²) in [5.74, 6) is 0.0518. The first kappa shape index (κ1) is 19.6. The van der Waals surface area contributed by atoms with Crippen LogP contribution in [0.25, 0.3) is 23.0 Å². The van der Waals surface area contributed by atoms with E-state index in [1.165, 1.54) is 22.5 Å². The Morgan fingerprint density at radius 2 is 1.90 bits per heavy atom. The van der Waals surface area contributed by atoms with Crippen LogP contribution in [0.1, 0.15) is 11.3 Å². The predicted molar refractivity (Wildman–Crippen MR) is 110 cm³/mol. The highest BCUT2D eigenvalue weighted by Gasteiger charge is 2.33. The van der Waals surface area contributed by atoms with Crippen LogP contribution in [0, 0.1) is 5.82 Å². The number of aryl methyl sites for hydroxylation is 1. The molecule has 5 rings (SSSR count). The van der Waals surface area contributed by atoms with Gasteiger partial charge in [0.15, 0.2) is 5.69 Å². The summed E-state index contributed by atoms with van der Waals surface area (Å²) in [5.41, 5.74) is 2.86. The van der Waals surface area contributed by atoms with E-state index in [0.717, 1.165) is 17.3 Å². The molecule has 0 saturated heterocycles. The van der Waals surface area contributed by atoms with Gasteiger partial charge in [-0.3, -0.25) is 4.68 Å². The molecule has 3 heterocycles. The van der Waals surface area contributed by atoms with Gasteiger partial charge in [-0.05, 0) is 18.2 Å². The monoisotopic (exact) mass is 439 g/mol. The highest BCUT2D eigenvalue weighted by molar-refractivity contribution is 7.89. The quantitative estimate of drug-likeness (QED) is 0.485. The third-order valence-corrected chi connectivity index (χ3v) is 7.14. The Bertz CT molecular complexity index is 1360. The Labute approximate surface area is 178 Å². The van der Waals surface area contributed by atoms with Gasteiger partial charge in [0, 0.05) is 43.4 Å². The molecule has 0 saturated carbocycles. The average Bonchev–Trinajstić information content (AvgIpc) is 3.39. The topological polar surface area (TPSA) is 94.1 Å². The lowest BCUT2D eigenvalue weighted by Gasteiger charge is -2.26. The summed E-state index contributed by atoms with van der Waals surface area (Å²) >= 11 is 0. The van der Waals surface area contributed by atoms with E-state index in [2.05, 4.69) is 15.2 Å². The summed E-state index contributed by atoms with van der Waals surface area (Å²) < 4.78 is 48.2. The number of nitrogens with zero attached hydrogens (tertiary/aromatic N) is 5. The molecular formula is C21H18FN5O3S. The van der Waals surface area contributed by atoms with Crippen molar-refractivity contribution in [2.75, 3.05) is 6.54 Å². The summed E-state index contributed by atoms with van der Waals surface area (Å²) in [7, 11) is -2.07. The van der Waals surface area contributed by atoms with Crippen molar-refractivity contribution < 1.29 is 17.3 Å². The molecular weight excluding hydrogens is 421 g/mol. The molecule has 8 nitrogen and oxygen atoms in total. The van der Waals surface area contributed by atoms with Gasteiger partial charge in [-0.2, -0.15) is 14.4 Å². The fourth-order valence-electron chi connectivity index (χ4n) is 3.75. The Balaban J connectivity index is 1.51. The average molecular weight is 439 g/mol. The molecule has 31 heavy (non-hydrogen) atoms. The van der Waals surface area contributed by atoms with E-state index in [1.54, 1.807) is 11.7 Å². The van der Waals surface area contributed by atoms with Gasteiger partial charge in [-0.1, -0.05) is 41.6 Å². The number of aromatic nitrogens is 4. The lowest BCUT2D eigenvalue weighted by atomic mass is 10.1. The molecule has 2 aromatic heterocycles. The van der Waals surface area contributed by atoms with Crippen molar-refractivity contribution >= 4 is 10.0 Å². The van der Waals surface area contributed by atoms with Crippen LogP contribution < -0.4 is 0 Å². The Morgan fingerprint density at radius 3 is 2.68 bits per heavy atom. The van der Waals surface area contributed by atoms with E-state index in [-0.39, 0.29) is 23.9 Å². The van der Waals surface area contributed by atoms with Crippen molar-refractivity contribution in [2.24, 2.45) is 7.05 Å². The molecule has 0 N–H and O–H groups in total. The number of benzene rings is 2. The number of hydrogen-bond donors (Lipinski definition) is 0. The van der Waals surface area contributed by atoms with Gasteiger partial charge >= 0.3 is 0 Å². The number of sulfonamides is 1. The fourth-order valence-corrected chi connectivity index (χ4v) is 5.19. The lowest BCUT2D eigenvalue weighted by Crippen LogP contribution is -2.36. The maximum Gasteiger partial charge on any atom is 0.279 e. The van der Waals surface area contributed by atoms with E-state index in [1.807, 2.05) is 30.3 Å². The van der Waals surface area contributed by atoms with Gasteiger partial charge < -0.3 is 4.52 Å². The molecule has 0 spiro atoms. The van der Waals surface area contributed by atoms with Gasteiger partial charge in [0.05, 0.1) is 4.90 Å². The summed E-state index contributed by atoms with van der Waals surface area (Å²) in [6.07, 6.45) is 0.465. The normalized spacial score (nSPS) is 14.5. The number of rotatable bonds is 4. The minimum Gasteiger partial charge on any atom is -0.332 e. The van der Waals surface area contributed by atoms with E-state index < -0.39 is 15.8 Å². The molecule has 0 radical (unpaired) electrons. The molecule has 1 aliphatic heterocycles. The van der Waals surface area contributed by atoms with Crippen LogP contribution in [-0.2, 0) is 30.0 Å². The van der Waals surface area contributed by atoms with Crippen molar-refractivity contribution in [1.82, 2.24) is 24.2 Å². The molecule has 1 aliphatic rings. The zero-order valence-corrected chi connectivity index (χ0v) is 17.4. The van der Waals surface area contributed by atoms with E-state index in [0.29, 0.717) is 23.5 Å². The van der Waals surface area contributed by atoms with Crippen molar-refractivity contribution in [2.45, 2.75) is 17.9 Å². The SMILES string of the molecule is Cn1nc(-c2nc(-c3ccccc3)no2)c2c1CCN(S(=O)(=O)c1cccc(F)c1)C2. The van der Waals surface area contributed by atoms with Gasteiger partial charge in [-0.15, -0.1) is 0 Å². The first-order valence-corrected chi connectivity index (χ1v) is 11.1. The van der Waals surface area contributed by atoms with Crippen LogP contribution in [0.5, 0.6) is 0 Å². The summed E-state index contributed by atoms with van der Waals surface area (Å²) in [6.45, 7) is 0.352. The predicted octanol–water partition coefficient (Wildman–Crippen LogP) is 3.02. The van der Waals surface area contributed by atoms with Crippen LogP contribution in [0.15, 0.2) is 64.0 Å². The zero-order chi connectivity index (χ0) is 21.6. The van der Waals surface area contributed by atoms with E-state index >= 15 is 0 Å². The summed E-state index contributed by atoms with van der Waals surface area (Å²) in [5, 5.41) is 8.55. The number of hydrogen-bond acceptors (Lipinski definition) is 6. The fraction of sp³-hybridized carbons (Fsp3) is 0.190. The second-order valence-electron chi connectivity index (χ2n) is 7.23. The molecule has 0 unspecified atom stereocenters. The molecule has 4 aromatic rings. The molecule has 10 heteroatoms. The molecule has 0 fully saturated rings. The highest BCUT2D eigenvalue weighted by Crippen LogP contribution is 2.32. The van der Waals surface area contributed by atoms with Crippen molar-refractivity contribution in [1.29, 1.82) is 0 Å². The largest absolute Gasteiger partial charge is 0.332 e. The van der Waals surface area contributed by atoms with Crippen molar-refractivity contribution in [3.63, 3.8) is 0 Å². The molecule has 0 bridgehead atoms. The summed E-state index contributed by atoms with van der Waals surface area (Å²) in [6, 6.07) is 14.4. The highest BCUT2D eigenvalue weighted by atomic mass is 32.2. The first-order valence-electron chi connectivity index (χ1n) is 9.63. The second kappa shape index (κ2) is 7.40. The molecule has 0 aliphatic carbocycles. The first-order chi connectivity index (χ1) is 14.9. The minimum absolute atomic E-state index is 0.0782. The number of halogens is 1. The van der Waals surface area contributed by atoms with Crippen molar-refractivity contribution in [3.05, 3.63) is 71.7 Å². The molecule has 0 amide bonds. The Morgan fingerprint density at radius 1 is 1.10 bits per heavy atom. The van der Waals surface area contributed by atoms with Gasteiger partial charge in [0.25, 0.3) is 5.89 Å². The van der Waals surface area contributed by atoms with E-state index in [4.69, 9.17) is 4.52 Å². The van der Waals surface area contributed by atoms with Crippen LogP contribution in [0.4, 0.5) is 4.39 Å². The minimum atomic E-state index is -3.87. The third-order valence-electron chi connectivity index (χ3n) is 5.30. The van der Waals surface area contributed by atoms with Crippen LogP contribution in [-0.4, -0.2) is 39.2 Å². The maximum atomic E-state index is 13.6. The standard InChI is InChI=1S/C21H18FN5O3S/c1-26-18-10-11-27(31(28,29)16-9-5-8-15(22)12-16)13-17(18)19(24-26)21-23-20(25-30-21)14-6-3-2-4-7-14/h2-9,12H,10-11,13H2,1H3. The van der Waals surface area contributed by atoms with E-state index in [9.17, 15) is 12.8 Å². The van der Waals surface area contributed by atoms with Crippen LogP contribution in [0.2, 0.25) is 0 Å². The molecule has 2 aromatic carbocycles. The zero-order valence-electron chi connectivity index (χ0n) is 16.6. The summed E-state index contributed by atoms with van der Waals surface area (Å²) in [4.78, 5) is 4.38. The Kier molecular flexibility index (Phi) is 4.67. The maximum absolute atomic E-state index is 13.6. The van der Waals surface area contributed by atoms with Crippen LogP contribution >= 0.6 is 0 Å². The second-order valence-corrected chi connectivity index (χ2v) is 9.17.